The van der Waals surface area contributed by atoms with Gasteiger partial charge in [-0.2, -0.15) is 0 Å². The fourth-order valence-corrected chi connectivity index (χ4v) is 3.54. The number of carbonyl (C=O) groups is 1. The van der Waals surface area contributed by atoms with Gasteiger partial charge in [0.2, 0.25) is 0 Å². The van der Waals surface area contributed by atoms with Crippen LogP contribution in [0.3, 0.4) is 0 Å². The molecule has 0 aliphatic rings. The van der Waals surface area contributed by atoms with Gasteiger partial charge in [0.15, 0.2) is 0 Å². The molecule has 7 heteroatoms. The minimum absolute atomic E-state index is 0.176. The standard InChI is InChI=1S/C18H19Cl2N3O2/c1-9-11(16(24)25)5-4-6-14(9)23-17(22)18(2,3)15-12(19)7-10(21)8-13(15)20/h4-8H,21H2,1-3H3,(H2,22,23)(H,24,25). The van der Waals surface area contributed by atoms with E-state index in [2.05, 4.69) is 4.99 Å². The van der Waals surface area contributed by atoms with Gasteiger partial charge in [0.1, 0.15) is 5.84 Å². The van der Waals surface area contributed by atoms with Crippen molar-refractivity contribution >= 4 is 46.4 Å². The number of anilines is 1. The molecule has 2 rings (SSSR count). The summed E-state index contributed by atoms with van der Waals surface area (Å²) in [4.78, 5) is 15.7. The molecule has 0 aromatic heterocycles. The van der Waals surface area contributed by atoms with E-state index >= 15 is 0 Å². The van der Waals surface area contributed by atoms with E-state index in [-0.39, 0.29) is 11.4 Å². The van der Waals surface area contributed by atoms with Crippen LogP contribution in [0, 0.1) is 6.92 Å². The summed E-state index contributed by atoms with van der Waals surface area (Å²) in [5.74, 6) is -0.760. The minimum Gasteiger partial charge on any atom is -0.478 e. The number of amidine groups is 1. The molecule has 0 amide bonds. The lowest BCUT2D eigenvalue weighted by Gasteiger charge is -2.27. The number of aliphatic imine (C=N–C) groups is 1. The van der Waals surface area contributed by atoms with E-state index in [1.165, 1.54) is 6.07 Å². The highest BCUT2D eigenvalue weighted by atomic mass is 35.5. The Morgan fingerprint density at radius 3 is 2.28 bits per heavy atom. The molecule has 0 spiro atoms. The van der Waals surface area contributed by atoms with Crippen molar-refractivity contribution in [1.82, 2.24) is 0 Å². The van der Waals surface area contributed by atoms with Gasteiger partial charge < -0.3 is 16.6 Å². The first-order valence-corrected chi connectivity index (χ1v) is 8.23. The normalized spacial score (nSPS) is 12.3. The van der Waals surface area contributed by atoms with Crippen molar-refractivity contribution in [2.24, 2.45) is 10.7 Å². The highest BCUT2D eigenvalue weighted by Gasteiger charge is 2.31. The number of nitrogens with two attached hydrogens (primary N) is 2. The van der Waals surface area contributed by atoms with Gasteiger partial charge in [-0.15, -0.1) is 0 Å². The van der Waals surface area contributed by atoms with Crippen LogP contribution in [-0.2, 0) is 5.41 Å². The van der Waals surface area contributed by atoms with E-state index in [1.54, 1.807) is 31.2 Å². The third-order valence-electron chi connectivity index (χ3n) is 4.11. The molecule has 0 saturated carbocycles. The maximum atomic E-state index is 11.3. The molecule has 0 fully saturated rings. The molecule has 0 bridgehead atoms. The summed E-state index contributed by atoms with van der Waals surface area (Å²) in [5.41, 5.74) is 13.5. The summed E-state index contributed by atoms with van der Waals surface area (Å²) in [6.45, 7) is 5.36. The van der Waals surface area contributed by atoms with Crippen molar-refractivity contribution < 1.29 is 9.90 Å². The van der Waals surface area contributed by atoms with E-state index < -0.39 is 11.4 Å². The fourth-order valence-electron chi connectivity index (χ4n) is 2.56. The van der Waals surface area contributed by atoms with Gasteiger partial charge in [0.05, 0.1) is 16.7 Å². The second kappa shape index (κ2) is 6.94. The Labute approximate surface area is 156 Å². The maximum absolute atomic E-state index is 11.3. The monoisotopic (exact) mass is 379 g/mol. The Balaban J connectivity index is 2.56. The number of benzene rings is 2. The van der Waals surface area contributed by atoms with Gasteiger partial charge in [0.25, 0.3) is 0 Å². The van der Waals surface area contributed by atoms with Gasteiger partial charge in [-0.05, 0) is 50.6 Å². The molecule has 0 unspecified atom stereocenters. The lowest BCUT2D eigenvalue weighted by Crippen LogP contribution is -2.36. The van der Waals surface area contributed by atoms with Crippen molar-refractivity contribution in [2.75, 3.05) is 5.73 Å². The van der Waals surface area contributed by atoms with Crippen molar-refractivity contribution in [3.05, 3.63) is 57.1 Å². The SMILES string of the molecule is Cc1c(N=C(N)C(C)(C)c2c(Cl)cc(N)cc2Cl)cccc1C(=O)O. The number of nitrogens with zero attached hydrogens (tertiary/aromatic N) is 1. The zero-order chi connectivity index (χ0) is 18.9. The molecule has 0 atom stereocenters. The first kappa shape index (κ1) is 19.1. The molecular formula is C18H19Cl2N3O2. The van der Waals surface area contributed by atoms with Crippen LogP contribution in [0.15, 0.2) is 35.3 Å². The van der Waals surface area contributed by atoms with Crippen molar-refractivity contribution in [2.45, 2.75) is 26.2 Å². The number of nitrogen functional groups attached to an aromatic ring is 1. The second-order valence-electron chi connectivity index (χ2n) is 6.24. The summed E-state index contributed by atoms with van der Waals surface area (Å²) in [5, 5.41) is 10.0. The summed E-state index contributed by atoms with van der Waals surface area (Å²) >= 11 is 12.6. The molecule has 25 heavy (non-hydrogen) atoms. The number of carboxylic acids is 1. The first-order chi connectivity index (χ1) is 11.6. The second-order valence-corrected chi connectivity index (χ2v) is 7.05. The molecule has 132 valence electrons. The molecule has 0 saturated heterocycles. The molecule has 0 heterocycles. The molecule has 5 nitrogen and oxygen atoms in total. The van der Waals surface area contributed by atoms with Crippen LogP contribution >= 0.6 is 23.2 Å². The molecule has 2 aromatic rings. The number of hydrogen-bond donors (Lipinski definition) is 3. The molecule has 0 aliphatic carbocycles. The molecular weight excluding hydrogens is 361 g/mol. The van der Waals surface area contributed by atoms with Crippen molar-refractivity contribution in [1.29, 1.82) is 0 Å². The molecule has 5 N–H and O–H groups in total. The van der Waals surface area contributed by atoms with Crippen molar-refractivity contribution in [3.8, 4) is 0 Å². The number of halogens is 2. The highest BCUT2D eigenvalue weighted by molar-refractivity contribution is 6.37. The predicted octanol–water partition coefficient (Wildman–Crippen LogP) is 4.55. The number of carboxylic acid groups (broad SMARTS) is 1. The Bertz CT molecular complexity index is 854. The van der Waals surface area contributed by atoms with E-state index in [0.29, 0.717) is 32.5 Å². The zero-order valence-electron chi connectivity index (χ0n) is 14.1. The van der Waals surface area contributed by atoms with Gasteiger partial charge in [-0.1, -0.05) is 29.3 Å². The molecule has 0 aliphatic heterocycles. The quantitative estimate of drug-likeness (QED) is 0.411. The fraction of sp³-hybridized carbons (Fsp3) is 0.222. The van der Waals surface area contributed by atoms with Gasteiger partial charge in [0, 0.05) is 21.3 Å². The van der Waals surface area contributed by atoms with Crippen molar-refractivity contribution in [3.63, 3.8) is 0 Å². The van der Waals surface area contributed by atoms with E-state index in [4.69, 9.17) is 34.7 Å². The summed E-state index contributed by atoms with van der Waals surface area (Å²) in [6.07, 6.45) is 0. The number of aromatic carboxylic acids is 1. The third-order valence-corrected chi connectivity index (χ3v) is 4.70. The summed E-state index contributed by atoms with van der Waals surface area (Å²) < 4.78 is 0. The third kappa shape index (κ3) is 3.72. The van der Waals surface area contributed by atoms with Crippen LogP contribution < -0.4 is 11.5 Å². The summed E-state index contributed by atoms with van der Waals surface area (Å²) in [7, 11) is 0. The topological polar surface area (TPSA) is 102 Å². The number of hydrogen-bond acceptors (Lipinski definition) is 3. The first-order valence-electron chi connectivity index (χ1n) is 7.48. The van der Waals surface area contributed by atoms with Crippen LogP contribution in [-0.4, -0.2) is 16.9 Å². The lowest BCUT2D eigenvalue weighted by molar-refractivity contribution is 0.0696. The van der Waals surface area contributed by atoms with E-state index in [9.17, 15) is 9.90 Å². The van der Waals surface area contributed by atoms with E-state index in [1.807, 2.05) is 13.8 Å². The Hall–Kier alpha value is -2.24. The maximum Gasteiger partial charge on any atom is 0.336 e. The minimum atomic E-state index is -1.02. The van der Waals surface area contributed by atoms with Gasteiger partial charge in [-0.25, -0.2) is 9.79 Å². The largest absolute Gasteiger partial charge is 0.478 e. The molecule has 0 radical (unpaired) electrons. The van der Waals surface area contributed by atoms with Crippen LogP contribution in [0.1, 0.15) is 35.3 Å². The Kier molecular flexibility index (Phi) is 5.30. The molecule has 2 aromatic carbocycles. The van der Waals surface area contributed by atoms with Crippen LogP contribution in [0.2, 0.25) is 10.0 Å². The van der Waals surface area contributed by atoms with E-state index in [0.717, 1.165) is 0 Å². The van der Waals surface area contributed by atoms with Crippen LogP contribution in [0.25, 0.3) is 0 Å². The van der Waals surface area contributed by atoms with Gasteiger partial charge >= 0.3 is 5.97 Å². The smallest absolute Gasteiger partial charge is 0.336 e. The predicted molar refractivity (Wildman–Crippen MR) is 103 cm³/mol. The van der Waals surface area contributed by atoms with Crippen LogP contribution in [0.4, 0.5) is 11.4 Å². The summed E-state index contributed by atoms with van der Waals surface area (Å²) in [6, 6.07) is 8.06. The average molecular weight is 380 g/mol. The highest BCUT2D eigenvalue weighted by Crippen LogP contribution is 2.38. The van der Waals surface area contributed by atoms with Crippen LogP contribution in [0.5, 0.6) is 0 Å². The average Bonchev–Trinajstić information content (AvgIpc) is 2.47. The van der Waals surface area contributed by atoms with Gasteiger partial charge in [-0.3, -0.25) is 0 Å². The Morgan fingerprint density at radius 2 is 1.76 bits per heavy atom. The Morgan fingerprint density at radius 1 is 1.20 bits per heavy atom. The lowest BCUT2D eigenvalue weighted by atomic mass is 9.83. The number of rotatable bonds is 4. The zero-order valence-corrected chi connectivity index (χ0v) is 15.6.